The molecule has 2 aliphatic rings. The lowest BCUT2D eigenvalue weighted by Gasteiger charge is -2.41. The Kier molecular flexibility index (Phi) is 5.81. The van der Waals surface area contributed by atoms with E-state index in [2.05, 4.69) is 31.0 Å². The maximum absolute atomic E-state index is 12.5. The molecule has 2 heterocycles. The molecular weight excluding hydrogens is 254 g/mol. The first-order valence-electron chi connectivity index (χ1n) is 7.97. The molecule has 3 unspecified atom stereocenters. The standard InChI is InChI=1S/C15H29N3O2/c1-4-16-14-5-6-18(11-12(14)2)13(3)15(19)17-7-9-20-10-8-17/h12-14,16H,4-11H2,1-3H3. The lowest BCUT2D eigenvalue weighted by atomic mass is 9.92. The van der Waals surface area contributed by atoms with Crippen LogP contribution in [0.3, 0.4) is 0 Å². The van der Waals surface area contributed by atoms with Crippen molar-refractivity contribution >= 4 is 5.91 Å². The summed E-state index contributed by atoms with van der Waals surface area (Å²) in [6.45, 7) is 12.4. The Morgan fingerprint density at radius 2 is 2.05 bits per heavy atom. The molecule has 0 aromatic heterocycles. The van der Waals surface area contributed by atoms with Crippen molar-refractivity contribution in [3.8, 4) is 0 Å². The molecule has 5 heteroatoms. The molecule has 20 heavy (non-hydrogen) atoms. The molecule has 0 radical (unpaired) electrons. The Hall–Kier alpha value is -0.650. The lowest BCUT2D eigenvalue weighted by Crippen LogP contribution is -2.56. The molecule has 0 bridgehead atoms. The zero-order chi connectivity index (χ0) is 14.5. The van der Waals surface area contributed by atoms with E-state index in [-0.39, 0.29) is 11.9 Å². The number of carbonyl (C=O) groups excluding carboxylic acids is 1. The number of likely N-dealkylation sites (tertiary alicyclic amines) is 1. The van der Waals surface area contributed by atoms with Gasteiger partial charge >= 0.3 is 0 Å². The fraction of sp³-hybridized carbons (Fsp3) is 0.933. The molecule has 1 amide bonds. The van der Waals surface area contributed by atoms with Gasteiger partial charge in [-0.3, -0.25) is 9.69 Å². The number of nitrogens with one attached hydrogen (secondary N) is 1. The molecule has 0 aromatic rings. The Morgan fingerprint density at radius 1 is 1.35 bits per heavy atom. The molecule has 116 valence electrons. The van der Waals surface area contributed by atoms with Crippen molar-refractivity contribution in [2.24, 2.45) is 5.92 Å². The number of hydrogen-bond acceptors (Lipinski definition) is 4. The van der Waals surface area contributed by atoms with Crippen LogP contribution < -0.4 is 5.32 Å². The minimum atomic E-state index is -0.00173. The third-order valence-electron chi connectivity index (χ3n) is 4.63. The summed E-state index contributed by atoms with van der Waals surface area (Å²) >= 11 is 0. The van der Waals surface area contributed by atoms with Gasteiger partial charge in [-0.2, -0.15) is 0 Å². The van der Waals surface area contributed by atoms with Gasteiger partial charge in [0.2, 0.25) is 5.91 Å². The van der Waals surface area contributed by atoms with Gasteiger partial charge in [-0.05, 0) is 25.8 Å². The van der Waals surface area contributed by atoms with E-state index < -0.39 is 0 Å². The number of amides is 1. The van der Waals surface area contributed by atoms with Crippen molar-refractivity contribution in [1.29, 1.82) is 0 Å². The fourth-order valence-corrected chi connectivity index (χ4v) is 3.30. The molecule has 2 aliphatic heterocycles. The van der Waals surface area contributed by atoms with E-state index in [1.165, 1.54) is 0 Å². The summed E-state index contributed by atoms with van der Waals surface area (Å²) in [4.78, 5) is 16.8. The molecule has 3 atom stereocenters. The third kappa shape index (κ3) is 3.71. The Morgan fingerprint density at radius 3 is 2.65 bits per heavy atom. The first kappa shape index (κ1) is 15.7. The van der Waals surface area contributed by atoms with Crippen molar-refractivity contribution in [3.63, 3.8) is 0 Å². The van der Waals surface area contributed by atoms with Crippen LogP contribution in [0.15, 0.2) is 0 Å². The van der Waals surface area contributed by atoms with E-state index >= 15 is 0 Å². The maximum atomic E-state index is 12.5. The first-order chi connectivity index (χ1) is 9.63. The van der Waals surface area contributed by atoms with Gasteiger partial charge in [0, 0.05) is 32.2 Å². The van der Waals surface area contributed by atoms with Crippen LogP contribution in [0.4, 0.5) is 0 Å². The van der Waals surface area contributed by atoms with Crippen molar-refractivity contribution in [3.05, 3.63) is 0 Å². The Labute approximate surface area is 122 Å². The van der Waals surface area contributed by atoms with E-state index in [0.717, 1.165) is 39.1 Å². The molecule has 2 saturated heterocycles. The zero-order valence-electron chi connectivity index (χ0n) is 13.1. The van der Waals surface area contributed by atoms with Crippen molar-refractivity contribution in [2.75, 3.05) is 45.9 Å². The monoisotopic (exact) mass is 283 g/mol. The summed E-state index contributed by atoms with van der Waals surface area (Å²) in [5.74, 6) is 0.867. The molecule has 2 rings (SSSR count). The Balaban J connectivity index is 1.86. The summed E-state index contributed by atoms with van der Waals surface area (Å²) in [5.41, 5.74) is 0. The highest BCUT2D eigenvalue weighted by Crippen LogP contribution is 2.19. The molecule has 0 aromatic carbocycles. The second-order valence-electron chi connectivity index (χ2n) is 6.04. The third-order valence-corrected chi connectivity index (χ3v) is 4.63. The van der Waals surface area contributed by atoms with Crippen molar-refractivity contribution in [1.82, 2.24) is 15.1 Å². The fourth-order valence-electron chi connectivity index (χ4n) is 3.30. The number of piperidine rings is 1. The number of morpholine rings is 1. The minimum Gasteiger partial charge on any atom is -0.378 e. The second-order valence-corrected chi connectivity index (χ2v) is 6.04. The number of nitrogens with zero attached hydrogens (tertiary/aromatic N) is 2. The van der Waals surface area contributed by atoms with E-state index in [9.17, 15) is 4.79 Å². The molecule has 0 aliphatic carbocycles. The van der Waals surface area contributed by atoms with Crippen LogP contribution in [0.25, 0.3) is 0 Å². The summed E-state index contributed by atoms with van der Waals surface area (Å²) in [6, 6.07) is 0.597. The maximum Gasteiger partial charge on any atom is 0.239 e. The average Bonchev–Trinajstić information content (AvgIpc) is 2.49. The quantitative estimate of drug-likeness (QED) is 0.818. The summed E-state index contributed by atoms with van der Waals surface area (Å²) in [7, 11) is 0. The number of ether oxygens (including phenoxy) is 1. The van der Waals surface area contributed by atoms with Crippen molar-refractivity contribution < 1.29 is 9.53 Å². The van der Waals surface area contributed by atoms with Crippen LogP contribution in [0.2, 0.25) is 0 Å². The molecule has 2 fully saturated rings. The van der Waals surface area contributed by atoms with Crippen LogP contribution in [-0.4, -0.2) is 73.7 Å². The van der Waals surface area contributed by atoms with Gasteiger partial charge in [0.25, 0.3) is 0 Å². The van der Waals surface area contributed by atoms with Gasteiger partial charge in [-0.1, -0.05) is 13.8 Å². The van der Waals surface area contributed by atoms with Crippen LogP contribution in [0.1, 0.15) is 27.2 Å². The van der Waals surface area contributed by atoms with Crippen LogP contribution in [0.5, 0.6) is 0 Å². The highest BCUT2D eigenvalue weighted by molar-refractivity contribution is 5.81. The van der Waals surface area contributed by atoms with E-state index in [1.54, 1.807) is 0 Å². The summed E-state index contributed by atoms with van der Waals surface area (Å²) in [6.07, 6.45) is 1.13. The zero-order valence-corrected chi connectivity index (χ0v) is 13.1. The van der Waals surface area contributed by atoms with Gasteiger partial charge in [-0.15, -0.1) is 0 Å². The van der Waals surface area contributed by atoms with Gasteiger partial charge in [0.05, 0.1) is 19.3 Å². The van der Waals surface area contributed by atoms with Crippen LogP contribution in [0, 0.1) is 5.92 Å². The SMILES string of the molecule is CCNC1CCN(C(C)C(=O)N2CCOCC2)CC1C. The largest absolute Gasteiger partial charge is 0.378 e. The predicted octanol–water partition coefficient (Wildman–Crippen LogP) is 0.554. The predicted molar refractivity (Wildman–Crippen MR) is 79.7 cm³/mol. The second kappa shape index (κ2) is 7.38. The molecule has 0 saturated carbocycles. The van der Waals surface area contributed by atoms with E-state index in [0.29, 0.717) is 25.2 Å². The molecule has 0 spiro atoms. The summed E-state index contributed by atoms with van der Waals surface area (Å²) in [5, 5.41) is 3.55. The van der Waals surface area contributed by atoms with Crippen LogP contribution >= 0.6 is 0 Å². The Bertz CT molecular complexity index is 318. The van der Waals surface area contributed by atoms with Gasteiger partial charge in [0.1, 0.15) is 0 Å². The highest BCUT2D eigenvalue weighted by atomic mass is 16.5. The lowest BCUT2D eigenvalue weighted by molar-refractivity contribution is -0.141. The van der Waals surface area contributed by atoms with Crippen LogP contribution in [-0.2, 0) is 9.53 Å². The number of carbonyl (C=O) groups is 1. The molecule has 5 nitrogen and oxygen atoms in total. The average molecular weight is 283 g/mol. The number of rotatable bonds is 4. The molecular formula is C15H29N3O2. The van der Waals surface area contributed by atoms with Gasteiger partial charge in [0.15, 0.2) is 0 Å². The minimum absolute atomic E-state index is 0.00173. The summed E-state index contributed by atoms with van der Waals surface area (Å²) < 4.78 is 5.32. The highest BCUT2D eigenvalue weighted by Gasteiger charge is 2.32. The van der Waals surface area contributed by atoms with Crippen molar-refractivity contribution in [2.45, 2.75) is 39.3 Å². The molecule has 1 N–H and O–H groups in total. The van der Waals surface area contributed by atoms with Gasteiger partial charge < -0.3 is 15.0 Å². The van der Waals surface area contributed by atoms with Gasteiger partial charge in [-0.25, -0.2) is 0 Å². The van der Waals surface area contributed by atoms with E-state index in [1.807, 2.05) is 4.90 Å². The topological polar surface area (TPSA) is 44.8 Å². The first-order valence-corrected chi connectivity index (χ1v) is 7.97. The smallest absolute Gasteiger partial charge is 0.239 e. The number of hydrogen-bond donors (Lipinski definition) is 1. The van der Waals surface area contributed by atoms with E-state index in [4.69, 9.17) is 4.74 Å². The normalized spacial score (nSPS) is 30.2.